The SMILES string of the molecule is Cc1ncsc1CN(C)C(=O)C1CC(C(=O)O)=NO1. The van der Waals surface area contributed by atoms with E-state index in [4.69, 9.17) is 9.94 Å². The molecule has 1 aromatic heterocycles. The number of likely N-dealkylation sites (N-methyl/N-ethyl adjacent to an activating group) is 1. The van der Waals surface area contributed by atoms with E-state index in [2.05, 4.69) is 10.1 Å². The summed E-state index contributed by atoms with van der Waals surface area (Å²) in [6.07, 6.45) is -0.843. The van der Waals surface area contributed by atoms with Crippen LogP contribution in [0.4, 0.5) is 0 Å². The van der Waals surface area contributed by atoms with E-state index in [1.807, 2.05) is 6.92 Å². The smallest absolute Gasteiger partial charge is 0.353 e. The largest absolute Gasteiger partial charge is 0.477 e. The predicted molar refractivity (Wildman–Crippen MR) is 67.9 cm³/mol. The fraction of sp³-hybridized carbons (Fsp3) is 0.455. The number of carbonyl (C=O) groups is 2. The van der Waals surface area contributed by atoms with Crippen molar-refractivity contribution in [2.24, 2.45) is 5.16 Å². The summed E-state index contributed by atoms with van der Waals surface area (Å²) in [5.41, 5.74) is 2.49. The zero-order valence-electron chi connectivity index (χ0n) is 10.5. The van der Waals surface area contributed by atoms with Crippen molar-refractivity contribution in [3.63, 3.8) is 0 Å². The Morgan fingerprint density at radius 2 is 2.37 bits per heavy atom. The topological polar surface area (TPSA) is 92.1 Å². The Labute approximate surface area is 113 Å². The van der Waals surface area contributed by atoms with E-state index in [1.165, 1.54) is 16.2 Å². The van der Waals surface area contributed by atoms with E-state index in [1.54, 1.807) is 12.6 Å². The maximum absolute atomic E-state index is 12.1. The number of thiazole rings is 1. The lowest BCUT2D eigenvalue weighted by Gasteiger charge is -2.19. The number of amides is 1. The van der Waals surface area contributed by atoms with Crippen LogP contribution in [0.25, 0.3) is 0 Å². The van der Waals surface area contributed by atoms with Gasteiger partial charge in [0.2, 0.25) is 6.10 Å². The first-order chi connectivity index (χ1) is 8.99. The minimum absolute atomic E-state index is 0.000178. The van der Waals surface area contributed by atoms with Gasteiger partial charge in [-0.2, -0.15) is 0 Å². The lowest BCUT2D eigenvalue weighted by Crippen LogP contribution is -2.36. The number of aromatic nitrogens is 1. The van der Waals surface area contributed by atoms with Gasteiger partial charge >= 0.3 is 5.97 Å². The van der Waals surface area contributed by atoms with Crippen LogP contribution in [0.15, 0.2) is 10.7 Å². The minimum Gasteiger partial charge on any atom is -0.477 e. The number of hydrogen-bond acceptors (Lipinski definition) is 6. The molecule has 8 heteroatoms. The van der Waals surface area contributed by atoms with Gasteiger partial charge in [-0.25, -0.2) is 9.78 Å². The van der Waals surface area contributed by atoms with Gasteiger partial charge in [-0.15, -0.1) is 11.3 Å². The predicted octanol–water partition coefficient (Wildman–Crippen LogP) is 0.639. The van der Waals surface area contributed by atoms with Crippen LogP contribution in [-0.4, -0.2) is 45.7 Å². The maximum Gasteiger partial charge on any atom is 0.353 e. The number of carboxylic acid groups (broad SMARTS) is 1. The standard InChI is InChI=1S/C11H13N3O4S/c1-6-9(19-5-12-6)4-14(2)10(15)8-3-7(11(16)17)13-18-8/h5,8H,3-4H2,1-2H3,(H,16,17). The number of carboxylic acids is 1. The Bertz CT molecular complexity index is 540. The highest BCUT2D eigenvalue weighted by molar-refractivity contribution is 7.09. The highest BCUT2D eigenvalue weighted by atomic mass is 32.1. The number of nitrogens with zero attached hydrogens (tertiary/aromatic N) is 3. The van der Waals surface area contributed by atoms with Crippen molar-refractivity contribution >= 4 is 28.9 Å². The second kappa shape index (κ2) is 5.35. The van der Waals surface area contributed by atoms with Crippen LogP contribution in [0, 0.1) is 6.92 Å². The van der Waals surface area contributed by atoms with Crippen LogP contribution in [0.5, 0.6) is 0 Å². The molecule has 0 saturated heterocycles. The number of rotatable bonds is 4. The molecule has 2 heterocycles. The summed E-state index contributed by atoms with van der Waals surface area (Å²) in [5.74, 6) is -1.44. The van der Waals surface area contributed by atoms with Gasteiger partial charge in [-0.1, -0.05) is 5.16 Å². The first kappa shape index (κ1) is 13.5. The highest BCUT2D eigenvalue weighted by Gasteiger charge is 2.33. The molecule has 2 rings (SSSR count). The van der Waals surface area contributed by atoms with Gasteiger partial charge in [0.05, 0.1) is 17.7 Å². The van der Waals surface area contributed by atoms with Gasteiger partial charge in [0.1, 0.15) is 0 Å². The summed E-state index contributed by atoms with van der Waals surface area (Å²) in [6.45, 7) is 2.31. The fourth-order valence-corrected chi connectivity index (χ4v) is 2.48. The number of aryl methyl sites for hydroxylation is 1. The summed E-state index contributed by atoms with van der Waals surface area (Å²) >= 11 is 1.47. The van der Waals surface area contributed by atoms with E-state index < -0.39 is 12.1 Å². The summed E-state index contributed by atoms with van der Waals surface area (Å²) in [4.78, 5) is 34.2. The molecule has 1 N–H and O–H groups in total. The van der Waals surface area contributed by atoms with E-state index in [0.29, 0.717) is 6.54 Å². The summed E-state index contributed by atoms with van der Waals surface area (Å²) in [5, 5.41) is 12.1. The molecule has 19 heavy (non-hydrogen) atoms. The van der Waals surface area contributed by atoms with Gasteiger partial charge in [-0.3, -0.25) is 4.79 Å². The molecule has 0 spiro atoms. The molecular formula is C11H13N3O4S. The molecule has 0 bridgehead atoms. The van der Waals surface area contributed by atoms with Gasteiger partial charge < -0.3 is 14.8 Å². The van der Waals surface area contributed by atoms with Gasteiger partial charge in [-0.05, 0) is 6.92 Å². The molecule has 102 valence electrons. The molecule has 0 aromatic carbocycles. The molecule has 1 aliphatic heterocycles. The zero-order valence-corrected chi connectivity index (χ0v) is 11.3. The molecule has 0 radical (unpaired) electrons. The number of oxime groups is 1. The number of hydrogen-bond donors (Lipinski definition) is 1. The Balaban J connectivity index is 1.94. The van der Waals surface area contributed by atoms with E-state index in [9.17, 15) is 9.59 Å². The lowest BCUT2D eigenvalue weighted by molar-refractivity contribution is -0.141. The van der Waals surface area contributed by atoms with Gasteiger partial charge in [0.25, 0.3) is 5.91 Å². The van der Waals surface area contributed by atoms with Crippen molar-refractivity contribution in [1.29, 1.82) is 0 Å². The Morgan fingerprint density at radius 1 is 1.63 bits per heavy atom. The van der Waals surface area contributed by atoms with E-state index in [-0.39, 0.29) is 18.0 Å². The fourth-order valence-electron chi connectivity index (χ4n) is 1.65. The van der Waals surface area contributed by atoms with Crippen LogP contribution < -0.4 is 0 Å². The molecule has 0 saturated carbocycles. The number of aliphatic carboxylic acids is 1. The second-order valence-corrected chi connectivity index (χ2v) is 5.14. The summed E-state index contributed by atoms with van der Waals surface area (Å²) in [7, 11) is 1.64. The molecule has 1 atom stereocenters. The summed E-state index contributed by atoms with van der Waals surface area (Å²) < 4.78 is 0. The van der Waals surface area contributed by atoms with Crippen LogP contribution in [0.3, 0.4) is 0 Å². The molecular weight excluding hydrogens is 270 g/mol. The van der Waals surface area contributed by atoms with Crippen molar-refractivity contribution in [1.82, 2.24) is 9.88 Å². The number of carbonyl (C=O) groups excluding carboxylic acids is 1. The van der Waals surface area contributed by atoms with Gasteiger partial charge in [0, 0.05) is 18.3 Å². The first-order valence-electron chi connectivity index (χ1n) is 5.59. The van der Waals surface area contributed by atoms with Crippen LogP contribution in [-0.2, 0) is 21.0 Å². The highest BCUT2D eigenvalue weighted by Crippen LogP contribution is 2.17. The average Bonchev–Trinajstić information content (AvgIpc) is 2.98. The Morgan fingerprint density at radius 3 is 2.89 bits per heavy atom. The van der Waals surface area contributed by atoms with E-state index in [0.717, 1.165) is 10.6 Å². The van der Waals surface area contributed by atoms with Crippen molar-refractivity contribution in [2.45, 2.75) is 26.0 Å². The third-order valence-corrected chi connectivity index (χ3v) is 3.71. The normalized spacial score (nSPS) is 17.8. The van der Waals surface area contributed by atoms with Crippen LogP contribution >= 0.6 is 11.3 Å². The average molecular weight is 283 g/mol. The van der Waals surface area contributed by atoms with Crippen molar-refractivity contribution in [2.75, 3.05) is 7.05 Å². The van der Waals surface area contributed by atoms with Crippen LogP contribution in [0.2, 0.25) is 0 Å². The molecule has 0 aliphatic carbocycles. The maximum atomic E-state index is 12.1. The summed E-state index contributed by atoms with van der Waals surface area (Å²) in [6, 6.07) is 0. The molecule has 1 aliphatic rings. The third-order valence-electron chi connectivity index (χ3n) is 2.79. The molecule has 0 fully saturated rings. The molecule has 7 nitrogen and oxygen atoms in total. The van der Waals surface area contributed by atoms with Crippen molar-refractivity contribution in [3.05, 3.63) is 16.1 Å². The van der Waals surface area contributed by atoms with Crippen LogP contribution in [0.1, 0.15) is 17.0 Å². The quantitative estimate of drug-likeness (QED) is 0.875. The molecule has 1 unspecified atom stereocenters. The molecule has 1 amide bonds. The third kappa shape index (κ3) is 2.90. The lowest BCUT2D eigenvalue weighted by atomic mass is 10.1. The van der Waals surface area contributed by atoms with Crippen molar-refractivity contribution < 1.29 is 19.5 Å². The second-order valence-electron chi connectivity index (χ2n) is 4.20. The van der Waals surface area contributed by atoms with E-state index >= 15 is 0 Å². The monoisotopic (exact) mass is 283 g/mol. The Kier molecular flexibility index (Phi) is 3.79. The first-order valence-corrected chi connectivity index (χ1v) is 6.47. The van der Waals surface area contributed by atoms with Gasteiger partial charge in [0.15, 0.2) is 5.71 Å². The minimum atomic E-state index is -1.16. The molecule has 1 aromatic rings. The zero-order chi connectivity index (χ0) is 14.0. The Hall–Kier alpha value is -1.96. The van der Waals surface area contributed by atoms with Crippen molar-refractivity contribution in [3.8, 4) is 0 Å².